The van der Waals surface area contributed by atoms with Crippen LogP contribution in [0.3, 0.4) is 0 Å². The van der Waals surface area contributed by atoms with Crippen molar-refractivity contribution < 1.29 is 4.74 Å². The Kier molecular flexibility index (Phi) is 3.16. The molecular formula is C14H13ClO. The Balaban J connectivity index is 2.58. The number of ether oxygens (including phenoxy) is 1. The van der Waals surface area contributed by atoms with E-state index in [9.17, 15) is 0 Å². The third-order valence-electron chi connectivity index (χ3n) is 2.52. The number of aryl methyl sites for hydroxylation is 1. The minimum Gasteiger partial charge on any atom is -0.496 e. The zero-order chi connectivity index (χ0) is 11.5. The summed E-state index contributed by atoms with van der Waals surface area (Å²) in [5.74, 6) is 0.841. The highest BCUT2D eigenvalue weighted by Crippen LogP contribution is 2.34. The van der Waals surface area contributed by atoms with E-state index in [1.54, 1.807) is 7.11 Å². The molecule has 0 aliphatic carbocycles. The predicted octanol–water partition coefficient (Wildman–Crippen LogP) is 4.32. The topological polar surface area (TPSA) is 9.23 Å². The second-order valence-electron chi connectivity index (χ2n) is 3.68. The van der Waals surface area contributed by atoms with E-state index in [2.05, 4.69) is 0 Å². The third kappa shape index (κ3) is 2.05. The zero-order valence-electron chi connectivity index (χ0n) is 9.33. The third-order valence-corrected chi connectivity index (χ3v) is 2.83. The monoisotopic (exact) mass is 232 g/mol. The molecule has 16 heavy (non-hydrogen) atoms. The summed E-state index contributed by atoms with van der Waals surface area (Å²) >= 11 is 6.24. The van der Waals surface area contributed by atoms with E-state index in [1.807, 2.05) is 49.4 Å². The Bertz CT molecular complexity index is 506. The summed E-state index contributed by atoms with van der Waals surface area (Å²) in [5.41, 5.74) is 3.18. The molecule has 2 aromatic rings. The molecule has 0 fully saturated rings. The Morgan fingerprint density at radius 1 is 1.00 bits per heavy atom. The molecule has 82 valence electrons. The van der Waals surface area contributed by atoms with E-state index in [0.29, 0.717) is 0 Å². The Labute approximate surface area is 101 Å². The van der Waals surface area contributed by atoms with E-state index in [1.165, 1.54) is 0 Å². The molecule has 0 N–H and O–H groups in total. The van der Waals surface area contributed by atoms with Gasteiger partial charge in [-0.1, -0.05) is 41.9 Å². The van der Waals surface area contributed by atoms with E-state index in [-0.39, 0.29) is 0 Å². The summed E-state index contributed by atoms with van der Waals surface area (Å²) in [5, 5.41) is 0.754. The highest BCUT2D eigenvalue weighted by atomic mass is 35.5. The summed E-state index contributed by atoms with van der Waals surface area (Å²) in [4.78, 5) is 0. The van der Waals surface area contributed by atoms with Gasteiger partial charge in [-0.2, -0.15) is 0 Å². The van der Waals surface area contributed by atoms with Crippen LogP contribution < -0.4 is 4.74 Å². The molecule has 0 atom stereocenters. The van der Waals surface area contributed by atoms with Crippen molar-refractivity contribution in [1.82, 2.24) is 0 Å². The van der Waals surface area contributed by atoms with Gasteiger partial charge in [0.25, 0.3) is 0 Å². The standard InChI is InChI=1S/C14H13ClO/c1-10-7-8-11(13(15)9-10)12-5-3-4-6-14(12)16-2/h3-9H,1-2H3. The lowest BCUT2D eigenvalue weighted by Gasteiger charge is -2.10. The lowest BCUT2D eigenvalue weighted by Crippen LogP contribution is -1.88. The first-order valence-corrected chi connectivity index (χ1v) is 5.49. The number of hydrogen-bond acceptors (Lipinski definition) is 1. The van der Waals surface area contributed by atoms with Crippen molar-refractivity contribution in [3.63, 3.8) is 0 Å². The smallest absolute Gasteiger partial charge is 0.126 e. The van der Waals surface area contributed by atoms with Crippen molar-refractivity contribution in [3.8, 4) is 16.9 Å². The number of hydrogen-bond donors (Lipinski definition) is 0. The second kappa shape index (κ2) is 4.58. The first kappa shape index (κ1) is 11.0. The lowest BCUT2D eigenvalue weighted by molar-refractivity contribution is 0.416. The summed E-state index contributed by atoms with van der Waals surface area (Å²) in [6, 6.07) is 13.9. The van der Waals surface area contributed by atoms with E-state index >= 15 is 0 Å². The Morgan fingerprint density at radius 2 is 1.75 bits per heavy atom. The van der Waals surface area contributed by atoms with E-state index in [4.69, 9.17) is 16.3 Å². The van der Waals surface area contributed by atoms with Gasteiger partial charge in [-0.15, -0.1) is 0 Å². The zero-order valence-corrected chi connectivity index (χ0v) is 10.1. The maximum absolute atomic E-state index is 6.24. The van der Waals surface area contributed by atoms with Crippen molar-refractivity contribution in [1.29, 1.82) is 0 Å². The predicted molar refractivity (Wildman–Crippen MR) is 68.2 cm³/mol. The van der Waals surface area contributed by atoms with Gasteiger partial charge in [0.05, 0.1) is 7.11 Å². The molecule has 0 aliphatic heterocycles. The quantitative estimate of drug-likeness (QED) is 0.749. The van der Waals surface area contributed by atoms with Crippen molar-refractivity contribution in [3.05, 3.63) is 53.1 Å². The number of rotatable bonds is 2. The SMILES string of the molecule is COc1ccccc1-c1ccc(C)cc1Cl. The van der Waals surface area contributed by atoms with Crippen molar-refractivity contribution >= 4 is 11.6 Å². The van der Waals surface area contributed by atoms with Gasteiger partial charge in [-0.05, 0) is 24.6 Å². The molecular weight excluding hydrogens is 220 g/mol. The fraction of sp³-hybridized carbons (Fsp3) is 0.143. The minimum absolute atomic E-state index is 0.754. The molecule has 0 saturated heterocycles. The number of para-hydroxylation sites is 1. The van der Waals surface area contributed by atoms with Gasteiger partial charge in [0, 0.05) is 16.1 Å². The summed E-state index contributed by atoms with van der Waals surface area (Å²) in [6.07, 6.45) is 0. The minimum atomic E-state index is 0.754. The van der Waals surface area contributed by atoms with Crippen LogP contribution in [0.1, 0.15) is 5.56 Å². The van der Waals surface area contributed by atoms with Gasteiger partial charge in [0.1, 0.15) is 5.75 Å². The number of halogens is 1. The van der Waals surface area contributed by atoms with Gasteiger partial charge in [-0.25, -0.2) is 0 Å². The molecule has 0 saturated carbocycles. The lowest BCUT2D eigenvalue weighted by atomic mass is 10.0. The van der Waals surface area contributed by atoms with Crippen LogP contribution in [0.2, 0.25) is 5.02 Å². The summed E-state index contributed by atoms with van der Waals surface area (Å²) in [6.45, 7) is 2.03. The Hall–Kier alpha value is -1.47. The second-order valence-corrected chi connectivity index (χ2v) is 4.09. The first-order valence-electron chi connectivity index (χ1n) is 5.12. The summed E-state index contributed by atoms with van der Waals surface area (Å²) in [7, 11) is 1.67. The normalized spacial score (nSPS) is 10.2. The van der Waals surface area contributed by atoms with E-state index in [0.717, 1.165) is 27.5 Å². The molecule has 2 rings (SSSR count). The fourth-order valence-corrected chi connectivity index (χ4v) is 2.04. The maximum Gasteiger partial charge on any atom is 0.126 e. The summed E-state index contributed by atoms with van der Waals surface area (Å²) < 4.78 is 5.33. The molecule has 0 heterocycles. The average molecular weight is 233 g/mol. The van der Waals surface area contributed by atoms with Crippen LogP contribution in [0.25, 0.3) is 11.1 Å². The highest BCUT2D eigenvalue weighted by molar-refractivity contribution is 6.33. The molecule has 0 aromatic heterocycles. The fourth-order valence-electron chi connectivity index (χ4n) is 1.71. The number of methoxy groups -OCH3 is 1. The van der Waals surface area contributed by atoms with Crippen LogP contribution in [0.5, 0.6) is 5.75 Å². The average Bonchev–Trinajstić information content (AvgIpc) is 2.29. The first-order chi connectivity index (χ1) is 7.72. The largest absolute Gasteiger partial charge is 0.496 e. The van der Waals surface area contributed by atoms with Crippen LogP contribution >= 0.6 is 11.6 Å². The Morgan fingerprint density at radius 3 is 2.44 bits per heavy atom. The molecule has 2 heteroatoms. The molecule has 0 spiro atoms. The van der Waals surface area contributed by atoms with Crippen molar-refractivity contribution in [2.45, 2.75) is 6.92 Å². The molecule has 0 amide bonds. The van der Waals surface area contributed by atoms with Gasteiger partial charge < -0.3 is 4.74 Å². The van der Waals surface area contributed by atoms with Crippen LogP contribution in [-0.2, 0) is 0 Å². The van der Waals surface area contributed by atoms with Gasteiger partial charge in [0.15, 0.2) is 0 Å². The van der Waals surface area contributed by atoms with Crippen LogP contribution in [0.4, 0.5) is 0 Å². The highest BCUT2D eigenvalue weighted by Gasteiger charge is 2.08. The van der Waals surface area contributed by atoms with Crippen LogP contribution in [0.15, 0.2) is 42.5 Å². The van der Waals surface area contributed by atoms with Gasteiger partial charge >= 0.3 is 0 Å². The van der Waals surface area contributed by atoms with Crippen LogP contribution in [0, 0.1) is 6.92 Å². The molecule has 0 aliphatic rings. The van der Waals surface area contributed by atoms with Gasteiger partial charge in [0.2, 0.25) is 0 Å². The molecule has 0 radical (unpaired) electrons. The molecule has 1 nitrogen and oxygen atoms in total. The maximum atomic E-state index is 6.24. The number of benzene rings is 2. The van der Waals surface area contributed by atoms with Crippen molar-refractivity contribution in [2.24, 2.45) is 0 Å². The van der Waals surface area contributed by atoms with E-state index < -0.39 is 0 Å². The molecule has 0 bridgehead atoms. The molecule has 0 unspecified atom stereocenters. The van der Waals surface area contributed by atoms with Gasteiger partial charge in [-0.3, -0.25) is 0 Å². The molecule has 2 aromatic carbocycles. The van der Waals surface area contributed by atoms with Crippen molar-refractivity contribution in [2.75, 3.05) is 7.11 Å². The van der Waals surface area contributed by atoms with Crippen LogP contribution in [-0.4, -0.2) is 7.11 Å².